The fourth-order valence-corrected chi connectivity index (χ4v) is 3.40. The topological polar surface area (TPSA) is 49.4 Å². The molecule has 4 nitrogen and oxygen atoms in total. The highest BCUT2D eigenvalue weighted by Crippen LogP contribution is 2.27. The van der Waals surface area contributed by atoms with Crippen molar-refractivity contribution >= 4 is 17.5 Å². The summed E-state index contributed by atoms with van der Waals surface area (Å²) < 4.78 is 0. The monoisotopic (exact) mass is 334 g/mol. The number of hydrogen-bond donors (Lipinski definition) is 1. The first kappa shape index (κ1) is 15.9. The molecule has 2 aliphatic rings. The van der Waals surface area contributed by atoms with Crippen molar-refractivity contribution in [2.75, 3.05) is 11.4 Å². The van der Waals surface area contributed by atoms with Crippen molar-refractivity contribution in [1.82, 2.24) is 5.32 Å². The summed E-state index contributed by atoms with van der Waals surface area (Å²) in [6.07, 6.45) is 3.63. The molecule has 0 aromatic heterocycles. The van der Waals surface area contributed by atoms with Gasteiger partial charge in [0.2, 0.25) is 5.91 Å². The molecule has 2 aromatic carbocycles. The van der Waals surface area contributed by atoms with Crippen LogP contribution in [0.3, 0.4) is 0 Å². The van der Waals surface area contributed by atoms with Gasteiger partial charge in [-0.2, -0.15) is 0 Å². The third-order valence-electron chi connectivity index (χ3n) is 4.93. The number of amides is 2. The van der Waals surface area contributed by atoms with E-state index >= 15 is 0 Å². The summed E-state index contributed by atoms with van der Waals surface area (Å²) >= 11 is 0. The van der Waals surface area contributed by atoms with Gasteiger partial charge in [0.25, 0.3) is 5.91 Å². The minimum Gasteiger partial charge on any atom is -0.349 e. The molecule has 1 atom stereocenters. The van der Waals surface area contributed by atoms with Gasteiger partial charge in [-0.05, 0) is 55.0 Å². The zero-order valence-electron chi connectivity index (χ0n) is 14.2. The van der Waals surface area contributed by atoms with Crippen LogP contribution in [0.5, 0.6) is 0 Å². The smallest absolute Gasteiger partial charge is 0.251 e. The minimum atomic E-state index is 0.0142. The Kier molecular flexibility index (Phi) is 4.26. The van der Waals surface area contributed by atoms with Gasteiger partial charge in [-0.25, -0.2) is 0 Å². The fraction of sp³-hybridized carbons (Fsp3) is 0.333. The number of anilines is 1. The summed E-state index contributed by atoms with van der Waals surface area (Å²) in [7, 11) is 0. The molecule has 0 spiro atoms. The van der Waals surface area contributed by atoms with E-state index in [2.05, 4.69) is 5.32 Å². The molecule has 1 aliphatic heterocycles. The Labute approximate surface area is 147 Å². The van der Waals surface area contributed by atoms with Crippen LogP contribution in [-0.2, 0) is 11.2 Å². The Balaban J connectivity index is 1.37. The van der Waals surface area contributed by atoms with E-state index in [1.54, 1.807) is 0 Å². The predicted molar refractivity (Wildman–Crippen MR) is 97.5 cm³/mol. The second kappa shape index (κ2) is 6.71. The highest BCUT2D eigenvalue weighted by Gasteiger charge is 2.30. The van der Waals surface area contributed by atoms with Gasteiger partial charge in [0, 0.05) is 30.3 Å². The summed E-state index contributed by atoms with van der Waals surface area (Å²) in [5.41, 5.74) is 2.86. The summed E-state index contributed by atoms with van der Waals surface area (Å²) in [5, 5.41) is 3.00. The van der Waals surface area contributed by atoms with Gasteiger partial charge in [-0.15, -0.1) is 0 Å². The molecule has 128 valence electrons. The summed E-state index contributed by atoms with van der Waals surface area (Å²) in [6.45, 7) is 0.757. The van der Waals surface area contributed by atoms with Crippen molar-refractivity contribution in [1.29, 1.82) is 0 Å². The SMILES string of the molecule is O=C(NC1CC1)c1ccc(C[C@@H]2CC(=O)N(c3ccccc3)C2)cc1. The zero-order chi connectivity index (χ0) is 17.2. The molecule has 0 bridgehead atoms. The Morgan fingerprint density at radius 1 is 1.04 bits per heavy atom. The predicted octanol–water partition coefficient (Wildman–Crippen LogP) is 3.17. The molecular weight excluding hydrogens is 312 g/mol. The van der Waals surface area contributed by atoms with E-state index in [0.29, 0.717) is 23.9 Å². The number of nitrogens with one attached hydrogen (secondary N) is 1. The van der Waals surface area contributed by atoms with Crippen molar-refractivity contribution < 1.29 is 9.59 Å². The first-order chi connectivity index (χ1) is 12.2. The maximum atomic E-state index is 12.3. The van der Waals surface area contributed by atoms with Gasteiger partial charge in [-0.3, -0.25) is 9.59 Å². The Morgan fingerprint density at radius 3 is 2.44 bits per heavy atom. The van der Waals surface area contributed by atoms with Gasteiger partial charge >= 0.3 is 0 Å². The van der Waals surface area contributed by atoms with E-state index in [0.717, 1.165) is 31.5 Å². The maximum Gasteiger partial charge on any atom is 0.251 e. The first-order valence-electron chi connectivity index (χ1n) is 8.94. The average Bonchev–Trinajstić information content (AvgIpc) is 3.37. The van der Waals surface area contributed by atoms with Gasteiger partial charge < -0.3 is 10.2 Å². The number of benzene rings is 2. The van der Waals surface area contributed by atoms with Crippen molar-refractivity contribution in [2.24, 2.45) is 5.92 Å². The van der Waals surface area contributed by atoms with Crippen LogP contribution >= 0.6 is 0 Å². The number of hydrogen-bond acceptors (Lipinski definition) is 2. The van der Waals surface area contributed by atoms with E-state index in [1.165, 1.54) is 5.56 Å². The number of para-hydroxylation sites is 1. The molecule has 2 aromatic rings. The largest absolute Gasteiger partial charge is 0.349 e. The molecule has 25 heavy (non-hydrogen) atoms. The van der Waals surface area contributed by atoms with Crippen LogP contribution in [0.15, 0.2) is 54.6 Å². The molecule has 2 fully saturated rings. The summed E-state index contributed by atoms with van der Waals surface area (Å²) in [4.78, 5) is 26.2. The number of carbonyl (C=O) groups excluding carboxylic acids is 2. The third kappa shape index (κ3) is 3.73. The van der Waals surface area contributed by atoms with Crippen LogP contribution in [-0.4, -0.2) is 24.4 Å². The minimum absolute atomic E-state index is 0.0142. The van der Waals surface area contributed by atoms with Crippen molar-refractivity contribution in [2.45, 2.75) is 31.7 Å². The number of carbonyl (C=O) groups is 2. The first-order valence-corrected chi connectivity index (χ1v) is 8.94. The van der Waals surface area contributed by atoms with Gasteiger partial charge in [0.15, 0.2) is 0 Å². The lowest BCUT2D eigenvalue weighted by Gasteiger charge is -2.16. The molecule has 0 radical (unpaired) electrons. The highest BCUT2D eigenvalue weighted by molar-refractivity contribution is 5.96. The lowest BCUT2D eigenvalue weighted by Crippen LogP contribution is -2.25. The van der Waals surface area contributed by atoms with Crippen LogP contribution < -0.4 is 10.2 Å². The van der Waals surface area contributed by atoms with Gasteiger partial charge in [0.1, 0.15) is 0 Å². The van der Waals surface area contributed by atoms with E-state index in [9.17, 15) is 9.59 Å². The Hall–Kier alpha value is -2.62. The molecule has 1 saturated carbocycles. The van der Waals surface area contributed by atoms with Crippen molar-refractivity contribution in [3.8, 4) is 0 Å². The van der Waals surface area contributed by atoms with Crippen LogP contribution in [0.4, 0.5) is 5.69 Å². The maximum absolute atomic E-state index is 12.3. The molecule has 4 heteroatoms. The van der Waals surface area contributed by atoms with Gasteiger partial charge in [0.05, 0.1) is 0 Å². The van der Waals surface area contributed by atoms with E-state index in [4.69, 9.17) is 0 Å². The zero-order valence-corrected chi connectivity index (χ0v) is 14.2. The number of rotatable bonds is 5. The fourth-order valence-electron chi connectivity index (χ4n) is 3.40. The van der Waals surface area contributed by atoms with E-state index < -0.39 is 0 Å². The van der Waals surface area contributed by atoms with Crippen LogP contribution in [0.2, 0.25) is 0 Å². The molecule has 4 rings (SSSR count). The molecule has 1 saturated heterocycles. The van der Waals surface area contributed by atoms with Crippen LogP contribution in [0, 0.1) is 5.92 Å². The van der Waals surface area contributed by atoms with E-state index in [-0.39, 0.29) is 11.8 Å². The van der Waals surface area contributed by atoms with Gasteiger partial charge in [-0.1, -0.05) is 30.3 Å². The van der Waals surface area contributed by atoms with E-state index in [1.807, 2.05) is 59.5 Å². The molecule has 1 N–H and O–H groups in total. The lowest BCUT2D eigenvalue weighted by atomic mass is 9.97. The molecule has 1 heterocycles. The molecule has 0 unspecified atom stereocenters. The average molecular weight is 334 g/mol. The molecule has 1 aliphatic carbocycles. The van der Waals surface area contributed by atoms with Crippen molar-refractivity contribution in [3.05, 3.63) is 65.7 Å². The molecule has 2 amide bonds. The molecular formula is C21H22N2O2. The second-order valence-electron chi connectivity index (χ2n) is 7.06. The Bertz CT molecular complexity index is 766. The standard InChI is InChI=1S/C21H22N2O2/c24-20-13-16(14-23(20)19-4-2-1-3-5-19)12-15-6-8-17(9-7-15)21(25)22-18-10-11-18/h1-9,16,18H,10-14H2,(H,22,25)/t16-/m1/s1. The third-order valence-corrected chi connectivity index (χ3v) is 4.93. The van der Waals surface area contributed by atoms with Crippen molar-refractivity contribution in [3.63, 3.8) is 0 Å². The Morgan fingerprint density at radius 2 is 1.76 bits per heavy atom. The lowest BCUT2D eigenvalue weighted by molar-refractivity contribution is -0.117. The van der Waals surface area contributed by atoms with Crippen LogP contribution in [0.25, 0.3) is 0 Å². The number of nitrogens with zero attached hydrogens (tertiary/aromatic N) is 1. The quantitative estimate of drug-likeness (QED) is 0.913. The summed E-state index contributed by atoms with van der Waals surface area (Å²) in [5.74, 6) is 0.524. The highest BCUT2D eigenvalue weighted by atomic mass is 16.2. The summed E-state index contributed by atoms with van der Waals surface area (Å²) in [6, 6.07) is 18.0. The normalized spacial score (nSPS) is 19.9. The second-order valence-corrected chi connectivity index (χ2v) is 7.06. The van der Waals surface area contributed by atoms with Crippen LogP contribution in [0.1, 0.15) is 35.2 Å².